The van der Waals surface area contributed by atoms with Crippen LogP contribution in [0, 0.1) is 11.3 Å². The summed E-state index contributed by atoms with van der Waals surface area (Å²) < 4.78 is 0. The van der Waals surface area contributed by atoms with E-state index in [1.165, 1.54) is 24.5 Å². The van der Waals surface area contributed by atoms with Crippen molar-refractivity contribution in [3.63, 3.8) is 0 Å². The van der Waals surface area contributed by atoms with E-state index in [2.05, 4.69) is 15.3 Å². The van der Waals surface area contributed by atoms with Crippen molar-refractivity contribution in [3.05, 3.63) is 53.6 Å². The molecule has 0 aliphatic heterocycles. The van der Waals surface area contributed by atoms with Gasteiger partial charge in [0, 0.05) is 12.4 Å². The molecule has 6 nitrogen and oxygen atoms in total. The number of rotatable bonds is 4. The molecule has 0 aliphatic rings. The molecule has 2 rings (SSSR count). The lowest BCUT2D eigenvalue weighted by molar-refractivity contribution is 0.0696. The third kappa shape index (κ3) is 3.04. The van der Waals surface area contributed by atoms with E-state index in [0.717, 1.165) is 0 Å². The molecule has 94 valence electrons. The van der Waals surface area contributed by atoms with Crippen LogP contribution < -0.4 is 5.32 Å². The van der Waals surface area contributed by atoms with Crippen LogP contribution in [-0.4, -0.2) is 21.0 Å². The Kier molecular flexibility index (Phi) is 3.69. The number of carbonyl (C=O) groups is 1. The second-order valence-electron chi connectivity index (χ2n) is 3.71. The number of hydrogen-bond donors (Lipinski definition) is 2. The average Bonchev–Trinajstić information content (AvgIpc) is 2.45. The summed E-state index contributed by atoms with van der Waals surface area (Å²) in [5.74, 6) is -0.997. The summed E-state index contributed by atoms with van der Waals surface area (Å²) in [6.45, 7) is 0.321. The van der Waals surface area contributed by atoms with Crippen LogP contribution in [-0.2, 0) is 6.54 Å². The van der Waals surface area contributed by atoms with Crippen LogP contribution in [0.1, 0.15) is 21.7 Å². The maximum absolute atomic E-state index is 10.8. The van der Waals surface area contributed by atoms with Crippen molar-refractivity contribution in [2.45, 2.75) is 6.54 Å². The summed E-state index contributed by atoms with van der Waals surface area (Å²) in [4.78, 5) is 18.8. The molecule has 0 saturated carbocycles. The summed E-state index contributed by atoms with van der Waals surface area (Å²) >= 11 is 0. The monoisotopic (exact) mass is 254 g/mol. The Hall–Kier alpha value is -2.94. The Bertz CT molecular complexity index is 649. The first-order chi connectivity index (χ1) is 9.20. The lowest BCUT2D eigenvalue weighted by Gasteiger charge is -2.07. The van der Waals surface area contributed by atoms with Crippen LogP contribution in [0.4, 0.5) is 5.69 Å². The maximum atomic E-state index is 10.8. The molecule has 2 N–H and O–H groups in total. The maximum Gasteiger partial charge on any atom is 0.335 e. The number of nitrogens with one attached hydrogen (secondary N) is 1. The second-order valence-corrected chi connectivity index (χ2v) is 3.71. The second kappa shape index (κ2) is 5.60. The normalized spacial score (nSPS) is 9.63. The van der Waals surface area contributed by atoms with Crippen LogP contribution in [0.5, 0.6) is 0 Å². The van der Waals surface area contributed by atoms with E-state index < -0.39 is 5.97 Å². The molecular weight excluding hydrogens is 244 g/mol. The van der Waals surface area contributed by atoms with Gasteiger partial charge in [0.25, 0.3) is 0 Å². The number of aromatic carboxylic acids is 1. The standard InChI is InChI=1S/C13H10N4O2/c14-7-12-11(2-1-4-16-12)17-8-10-6-9(13(18)19)3-5-15-10/h1-6,17H,8H2,(H,18,19). The summed E-state index contributed by atoms with van der Waals surface area (Å²) in [5.41, 5.74) is 1.63. The van der Waals surface area contributed by atoms with E-state index in [0.29, 0.717) is 17.9 Å². The van der Waals surface area contributed by atoms with Crippen molar-refractivity contribution in [3.8, 4) is 6.07 Å². The minimum absolute atomic E-state index is 0.179. The van der Waals surface area contributed by atoms with Gasteiger partial charge in [-0.25, -0.2) is 9.78 Å². The zero-order valence-corrected chi connectivity index (χ0v) is 9.87. The smallest absolute Gasteiger partial charge is 0.335 e. The first-order valence-electron chi connectivity index (χ1n) is 5.48. The highest BCUT2D eigenvalue weighted by Crippen LogP contribution is 2.12. The molecule has 0 saturated heterocycles. The number of nitriles is 1. The van der Waals surface area contributed by atoms with Gasteiger partial charge in [-0.2, -0.15) is 5.26 Å². The fraction of sp³-hybridized carbons (Fsp3) is 0.0769. The fourth-order valence-electron chi connectivity index (χ4n) is 1.53. The minimum Gasteiger partial charge on any atom is -0.478 e. The molecule has 0 fully saturated rings. The van der Waals surface area contributed by atoms with Gasteiger partial charge in [0.15, 0.2) is 5.69 Å². The molecule has 0 aromatic carbocycles. The zero-order valence-electron chi connectivity index (χ0n) is 9.87. The van der Waals surface area contributed by atoms with Crippen LogP contribution in [0.2, 0.25) is 0 Å². The highest BCUT2D eigenvalue weighted by Gasteiger charge is 2.05. The van der Waals surface area contributed by atoms with Gasteiger partial charge in [-0.05, 0) is 24.3 Å². The minimum atomic E-state index is -0.997. The molecule has 0 aliphatic carbocycles. The number of aromatic nitrogens is 2. The highest BCUT2D eigenvalue weighted by molar-refractivity contribution is 5.87. The third-order valence-electron chi connectivity index (χ3n) is 2.44. The van der Waals surface area contributed by atoms with E-state index in [9.17, 15) is 4.79 Å². The molecule has 0 bridgehead atoms. The van der Waals surface area contributed by atoms with Gasteiger partial charge in [-0.15, -0.1) is 0 Å². The van der Waals surface area contributed by atoms with Gasteiger partial charge in [0.1, 0.15) is 6.07 Å². The van der Waals surface area contributed by atoms with Crippen molar-refractivity contribution in [2.75, 3.05) is 5.32 Å². The van der Waals surface area contributed by atoms with Gasteiger partial charge in [0.2, 0.25) is 0 Å². The topological polar surface area (TPSA) is 98.9 Å². The number of carboxylic acids is 1. The quantitative estimate of drug-likeness (QED) is 0.860. The van der Waals surface area contributed by atoms with Gasteiger partial charge in [-0.3, -0.25) is 4.98 Å². The molecule has 0 unspecified atom stereocenters. The first kappa shape index (κ1) is 12.5. The molecular formula is C13H10N4O2. The number of carboxylic acid groups (broad SMARTS) is 1. The summed E-state index contributed by atoms with van der Waals surface area (Å²) in [6.07, 6.45) is 2.97. The Morgan fingerprint density at radius 3 is 2.95 bits per heavy atom. The Morgan fingerprint density at radius 1 is 1.37 bits per heavy atom. The summed E-state index contributed by atoms with van der Waals surface area (Å²) in [7, 11) is 0. The molecule has 2 aromatic heterocycles. The molecule has 6 heteroatoms. The van der Waals surface area contributed by atoms with Crippen molar-refractivity contribution in [1.82, 2.24) is 9.97 Å². The SMILES string of the molecule is N#Cc1ncccc1NCc1cc(C(=O)O)ccn1. The number of hydrogen-bond acceptors (Lipinski definition) is 5. The molecule has 2 heterocycles. The van der Waals surface area contributed by atoms with Crippen molar-refractivity contribution in [1.29, 1.82) is 5.26 Å². The van der Waals surface area contributed by atoms with Gasteiger partial charge >= 0.3 is 5.97 Å². The van der Waals surface area contributed by atoms with Crippen LogP contribution in [0.3, 0.4) is 0 Å². The highest BCUT2D eigenvalue weighted by atomic mass is 16.4. The molecule has 2 aromatic rings. The van der Waals surface area contributed by atoms with E-state index in [-0.39, 0.29) is 11.3 Å². The van der Waals surface area contributed by atoms with Crippen molar-refractivity contribution < 1.29 is 9.90 Å². The lowest BCUT2D eigenvalue weighted by Crippen LogP contribution is -2.06. The van der Waals surface area contributed by atoms with Gasteiger partial charge in [-0.1, -0.05) is 0 Å². The van der Waals surface area contributed by atoms with Crippen LogP contribution in [0.25, 0.3) is 0 Å². The van der Waals surface area contributed by atoms with Crippen molar-refractivity contribution >= 4 is 11.7 Å². The predicted octanol–water partition coefficient (Wildman–Crippen LogP) is 1.66. The van der Waals surface area contributed by atoms with E-state index >= 15 is 0 Å². The van der Waals surface area contributed by atoms with E-state index in [1.807, 2.05) is 6.07 Å². The molecule has 0 amide bonds. The first-order valence-corrected chi connectivity index (χ1v) is 5.48. The molecule has 19 heavy (non-hydrogen) atoms. The average molecular weight is 254 g/mol. The van der Waals surface area contributed by atoms with E-state index in [4.69, 9.17) is 10.4 Å². The summed E-state index contributed by atoms with van der Waals surface area (Å²) in [6, 6.07) is 8.33. The van der Waals surface area contributed by atoms with Crippen LogP contribution in [0.15, 0.2) is 36.7 Å². The largest absolute Gasteiger partial charge is 0.478 e. The van der Waals surface area contributed by atoms with Crippen LogP contribution >= 0.6 is 0 Å². The molecule has 0 radical (unpaired) electrons. The molecule has 0 spiro atoms. The third-order valence-corrected chi connectivity index (χ3v) is 2.44. The number of nitrogens with zero attached hydrogens (tertiary/aromatic N) is 3. The number of pyridine rings is 2. The predicted molar refractivity (Wildman–Crippen MR) is 67.5 cm³/mol. The Labute approximate surface area is 109 Å². The Morgan fingerprint density at radius 2 is 2.21 bits per heavy atom. The zero-order chi connectivity index (χ0) is 13.7. The van der Waals surface area contributed by atoms with Gasteiger partial charge in [0.05, 0.1) is 23.5 Å². The van der Waals surface area contributed by atoms with Crippen molar-refractivity contribution in [2.24, 2.45) is 0 Å². The lowest BCUT2D eigenvalue weighted by atomic mass is 10.2. The number of anilines is 1. The fourth-order valence-corrected chi connectivity index (χ4v) is 1.53. The summed E-state index contributed by atoms with van der Waals surface area (Å²) in [5, 5.41) is 20.8. The van der Waals surface area contributed by atoms with E-state index in [1.54, 1.807) is 12.1 Å². The van der Waals surface area contributed by atoms with Gasteiger partial charge < -0.3 is 10.4 Å². The Balaban J connectivity index is 2.13. The molecule has 0 atom stereocenters.